The number of halogens is 1. The van der Waals surface area contributed by atoms with Gasteiger partial charge in [0.1, 0.15) is 5.69 Å². The van der Waals surface area contributed by atoms with Crippen LogP contribution in [0.4, 0.5) is 0 Å². The summed E-state index contributed by atoms with van der Waals surface area (Å²) in [7, 11) is 0. The Balaban J connectivity index is 2.07. The van der Waals surface area contributed by atoms with E-state index in [4.69, 9.17) is 5.73 Å². The lowest BCUT2D eigenvalue weighted by molar-refractivity contribution is 0.0703. The lowest BCUT2D eigenvalue weighted by atomic mass is 10.1. The van der Waals surface area contributed by atoms with Crippen molar-refractivity contribution in [3.63, 3.8) is 0 Å². The van der Waals surface area contributed by atoms with E-state index in [1.54, 1.807) is 0 Å². The first-order valence-corrected chi connectivity index (χ1v) is 6.13. The molecule has 0 aromatic carbocycles. The molecular weight excluding hydrogens is 305 g/mol. The van der Waals surface area contributed by atoms with E-state index in [2.05, 4.69) is 27.6 Å². The highest BCUT2D eigenvalue weighted by molar-refractivity contribution is 14.1. The summed E-state index contributed by atoms with van der Waals surface area (Å²) in [5.41, 5.74) is 6.50. The Hall–Kier alpha value is -0.560. The van der Waals surface area contributed by atoms with Crippen LogP contribution in [0.5, 0.6) is 0 Å². The highest BCUT2D eigenvalue weighted by Crippen LogP contribution is 2.13. The molecule has 5 heteroatoms. The molecule has 0 unspecified atom stereocenters. The smallest absolute Gasteiger partial charge is 0.270 e. The fourth-order valence-electron chi connectivity index (χ4n) is 1.86. The number of nitrogens with zero attached hydrogens (tertiary/aromatic N) is 1. The van der Waals surface area contributed by atoms with Crippen molar-refractivity contribution in [1.82, 2.24) is 9.88 Å². The predicted octanol–water partition coefficient (Wildman–Crippen LogP) is 1.18. The molecule has 1 fully saturated rings. The molecule has 4 nitrogen and oxygen atoms in total. The fraction of sp³-hybridized carbons (Fsp3) is 0.500. The minimum Gasteiger partial charge on any atom is -0.356 e. The van der Waals surface area contributed by atoms with Crippen molar-refractivity contribution in [2.75, 3.05) is 13.1 Å². The van der Waals surface area contributed by atoms with Gasteiger partial charge in [0.05, 0.1) is 0 Å². The van der Waals surface area contributed by atoms with Crippen molar-refractivity contribution in [3.05, 3.63) is 21.5 Å². The number of H-pyrrole nitrogens is 1. The van der Waals surface area contributed by atoms with Crippen molar-refractivity contribution in [1.29, 1.82) is 0 Å². The van der Waals surface area contributed by atoms with E-state index in [9.17, 15) is 4.79 Å². The number of hydrogen-bond acceptors (Lipinski definition) is 2. The summed E-state index contributed by atoms with van der Waals surface area (Å²) in [5.74, 6) is 0.0630. The van der Waals surface area contributed by atoms with Crippen LogP contribution in [0.2, 0.25) is 0 Å². The second-order valence-electron chi connectivity index (χ2n) is 3.89. The van der Waals surface area contributed by atoms with Gasteiger partial charge >= 0.3 is 0 Å². The highest BCUT2D eigenvalue weighted by atomic mass is 127. The molecule has 15 heavy (non-hydrogen) atoms. The number of carbonyl (C=O) groups is 1. The third kappa shape index (κ3) is 2.52. The molecule has 82 valence electrons. The van der Waals surface area contributed by atoms with E-state index < -0.39 is 0 Å². The van der Waals surface area contributed by atoms with Crippen LogP contribution >= 0.6 is 22.6 Å². The lowest BCUT2D eigenvalue weighted by Gasteiger charge is -2.30. The minimum atomic E-state index is 0.0630. The van der Waals surface area contributed by atoms with E-state index in [1.165, 1.54) is 0 Å². The summed E-state index contributed by atoms with van der Waals surface area (Å²) in [4.78, 5) is 16.8. The number of amides is 1. The zero-order valence-electron chi connectivity index (χ0n) is 8.37. The topological polar surface area (TPSA) is 62.1 Å². The third-order valence-corrected chi connectivity index (χ3v) is 3.25. The molecule has 0 radical (unpaired) electrons. The monoisotopic (exact) mass is 319 g/mol. The van der Waals surface area contributed by atoms with Crippen LogP contribution in [0.3, 0.4) is 0 Å². The van der Waals surface area contributed by atoms with E-state index >= 15 is 0 Å². The molecule has 0 bridgehead atoms. The SMILES string of the molecule is N[C@@H]1CCCN(C(=O)c2cc(I)c[nH]2)C1. The van der Waals surface area contributed by atoms with Crippen LogP contribution in [-0.4, -0.2) is 34.9 Å². The number of nitrogens with one attached hydrogen (secondary N) is 1. The van der Waals surface area contributed by atoms with Gasteiger partial charge in [0.2, 0.25) is 0 Å². The quantitative estimate of drug-likeness (QED) is 0.764. The molecule has 1 saturated heterocycles. The number of hydrogen-bond donors (Lipinski definition) is 2. The normalized spacial score (nSPS) is 21.7. The minimum absolute atomic E-state index is 0.0630. The van der Waals surface area contributed by atoms with Crippen LogP contribution in [0.1, 0.15) is 23.3 Å². The zero-order chi connectivity index (χ0) is 10.8. The van der Waals surface area contributed by atoms with Gasteiger partial charge in [0.25, 0.3) is 5.91 Å². The number of piperidine rings is 1. The Morgan fingerprint density at radius 2 is 2.47 bits per heavy atom. The van der Waals surface area contributed by atoms with Gasteiger partial charge in [0, 0.05) is 28.9 Å². The van der Waals surface area contributed by atoms with Crippen LogP contribution in [-0.2, 0) is 0 Å². The summed E-state index contributed by atoms with van der Waals surface area (Å²) >= 11 is 2.18. The van der Waals surface area contributed by atoms with Gasteiger partial charge in [-0.2, -0.15) is 0 Å². The van der Waals surface area contributed by atoms with Gasteiger partial charge in [-0.25, -0.2) is 0 Å². The molecule has 1 aromatic rings. The number of carbonyl (C=O) groups excluding carboxylic acids is 1. The molecule has 0 spiro atoms. The van der Waals surface area contributed by atoms with Crippen molar-refractivity contribution in [3.8, 4) is 0 Å². The molecule has 2 heterocycles. The van der Waals surface area contributed by atoms with Crippen molar-refractivity contribution in [2.45, 2.75) is 18.9 Å². The highest BCUT2D eigenvalue weighted by Gasteiger charge is 2.22. The standard InChI is InChI=1S/C10H14IN3O/c11-7-4-9(13-5-7)10(15)14-3-1-2-8(12)6-14/h4-5,8,13H,1-3,6,12H2/t8-/m1/s1. The van der Waals surface area contributed by atoms with Gasteiger partial charge in [-0.15, -0.1) is 0 Å². The number of rotatable bonds is 1. The van der Waals surface area contributed by atoms with Gasteiger partial charge in [-0.3, -0.25) is 4.79 Å². The maximum absolute atomic E-state index is 12.0. The summed E-state index contributed by atoms with van der Waals surface area (Å²) < 4.78 is 1.05. The maximum atomic E-state index is 12.0. The summed E-state index contributed by atoms with van der Waals surface area (Å²) in [6, 6.07) is 2.00. The molecule has 1 aliphatic rings. The van der Waals surface area contributed by atoms with E-state index in [0.717, 1.165) is 23.0 Å². The van der Waals surface area contributed by atoms with Crippen LogP contribution in [0.25, 0.3) is 0 Å². The molecule has 1 amide bonds. The first-order valence-electron chi connectivity index (χ1n) is 5.05. The summed E-state index contributed by atoms with van der Waals surface area (Å²) in [6.07, 6.45) is 3.86. The van der Waals surface area contributed by atoms with Gasteiger partial charge in [-0.1, -0.05) is 0 Å². The fourth-order valence-corrected chi connectivity index (χ4v) is 2.32. The number of aromatic nitrogens is 1. The molecule has 0 aliphatic carbocycles. The second-order valence-corrected chi connectivity index (χ2v) is 5.13. The Morgan fingerprint density at radius 1 is 1.67 bits per heavy atom. The largest absolute Gasteiger partial charge is 0.356 e. The molecule has 0 saturated carbocycles. The average molecular weight is 319 g/mol. The van der Waals surface area contributed by atoms with Gasteiger partial charge in [0.15, 0.2) is 0 Å². The molecule has 1 atom stereocenters. The third-order valence-electron chi connectivity index (χ3n) is 2.62. The molecule has 2 rings (SSSR count). The zero-order valence-corrected chi connectivity index (χ0v) is 10.5. The Morgan fingerprint density at radius 3 is 3.07 bits per heavy atom. The Labute approximate surface area is 102 Å². The summed E-state index contributed by atoms with van der Waals surface area (Å²) in [6.45, 7) is 1.50. The number of nitrogens with two attached hydrogens (primary N) is 1. The Bertz CT molecular complexity index is 363. The number of likely N-dealkylation sites (tertiary alicyclic amines) is 1. The first kappa shape index (κ1) is 10.9. The van der Waals surface area contributed by atoms with Crippen molar-refractivity contribution in [2.24, 2.45) is 5.73 Å². The summed E-state index contributed by atoms with van der Waals surface area (Å²) in [5, 5.41) is 0. The number of aromatic amines is 1. The molecule has 1 aliphatic heterocycles. The predicted molar refractivity (Wildman–Crippen MR) is 66.6 cm³/mol. The first-order chi connectivity index (χ1) is 7.16. The van der Waals surface area contributed by atoms with Crippen LogP contribution < -0.4 is 5.73 Å². The maximum Gasteiger partial charge on any atom is 0.270 e. The average Bonchev–Trinajstić information content (AvgIpc) is 2.64. The van der Waals surface area contributed by atoms with E-state index in [0.29, 0.717) is 12.2 Å². The van der Waals surface area contributed by atoms with Crippen molar-refractivity contribution < 1.29 is 4.79 Å². The second kappa shape index (κ2) is 4.52. The lowest BCUT2D eigenvalue weighted by Crippen LogP contribution is -2.45. The Kier molecular flexibility index (Phi) is 3.30. The molecule has 1 aromatic heterocycles. The van der Waals surface area contributed by atoms with Crippen LogP contribution in [0, 0.1) is 3.57 Å². The van der Waals surface area contributed by atoms with Gasteiger partial charge < -0.3 is 15.6 Å². The molecular formula is C10H14IN3O. The van der Waals surface area contributed by atoms with Gasteiger partial charge in [-0.05, 0) is 41.5 Å². The van der Waals surface area contributed by atoms with E-state index in [-0.39, 0.29) is 11.9 Å². The van der Waals surface area contributed by atoms with E-state index in [1.807, 2.05) is 17.2 Å². The molecule has 3 N–H and O–H groups in total. The van der Waals surface area contributed by atoms with Crippen LogP contribution in [0.15, 0.2) is 12.3 Å². The van der Waals surface area contributed by atoms with Crippen molar-refractivity contribution >= 4 is 28.5 Å².